The van der Waals surface area contributed by atoms with Crippen LogP contribution in [0.1, 0.15) is 29.6 Å². The number of nitrogen functional groups attached to an aromatic ring is 1. The zero-order valence-electron chi connectivity index (χ0n) is 10.6. The number of benzene rings is 1. The molecule has 0 bridgehead atoms. The zero-order valence-corrected chi connectivity index (χ0v) is 11.3. The summed E-state index contributed by atoms with van der Waals surface area (Å²) in [5.74, 6) is -0.412. The van der Waals surface area contributed by atoms with Gasteiger partial charge in [0, 0.05) is 18.8 Å². The second-order valence-electron chi connectivity index (χ2n) is 4.59. The van der Waals surface area contributed by atoms with Crippen molar-refractivity contribution in [2.75, 3.05) is 24.8 Å². The normalized spacial score (nSPS) is 15.1. The molecule has 0 heterocycles. The number of carbonyl (C=O) groups excluding carboxylic acids is 1. The molecule has 0 spiro atoms. The van der Waals surface area contributed by atoms with Gasteiger partial charge in [-0.2, -0.15) is 0 Å². The summed E-state index contributed by atoms with van der Waals surface area (Å²) in [4.78, 5) is 13.9. The molecule has 98 valence electrons. The summed E-state index contributed by atoms with van der Waals surface area (Å²) in [5, 5.41) is 0.491. The van der Waals surface area contributed by atoms with Crippen LogP contribution in [0, 0.1) is 0 Å². The van der Waals surface area contributed by atoms with E-state index in [1.807, 2.05) is 7.05 Å². The van der Waals surface area contributed by atoms with Gasteiger partial charge in [-0.3, -0.25) is 0 Å². The Labute approximate surface area is 112 Å². The lowest BCUT2D eigenvalue weighted by Crippen LogP contribution is -2.38. The van der Waals surface area contributed by atoms with Crippen molar-refractivity contribution in [2.45, 2.75) is 25.3 Å². The van der Waals surface area contributed by atoms with Gasteiger partial charge in [0.1, 0.15) is 0 Å². The zero-order chi connectivity index (χ0) is 13.3. The molecule has 1 fully saturated rings. The van der Waals surface area contributed by atoms with Gasteiger partial charge in [-0.1, -0.05) is 11.6 Å². The standard InChI is InChI=1S/C13H17ClN2O2/c1-16(9-4-3-5-9)12-10(13(17)18-2)6-8(15)7-11(12)14/h6-7,9H,3-5,15H2,1-2H3. The monoisotopic (exact) mass is 268 g/mol. The predicted molar refractivity (Wildman–Crippen MR) is 73.2 cm³/mol. The van der Waals surface area contributed by atoms with Crippen LogP contribution in [0.3, 0.4) is 0 Å². The van der Waals surface area contributed by atoms with Crippen molar-refractivity contribution < 1.29 is 9.53 Å². The highest BCUT2D eigenvalue weighted by Crippen LogP contribution is 2.37. The number of hydrogen-bond acceptors (Lipinski definition) is 4. The molecule has 1 saturated carbocycles. The van der Waals surface area contributed by atoms with Crippen LogP contribution in [0.5, 0.6) is 0 Å². The third-order valence-electron chi connectivity index (χ3n) is 3.47. The minimum absolute atomic E-state index is 0.412. The Morgan fingerprint density at radius 3 is 2.67 bits per heavy atom. The Bertz CT molecular complexity index is 472. The molecule has 1 aromatic rings. The van der Waals surface area contributed by atoms with Gasteiger partial charge in [0.2, 0.25) is 0 Å². The first-order chi connectivity index (χ1) is 8.54. The van der Waals surface area contributed by atoms with Crippen LogP contribution in [0.25, 0.3) is 0 Å². The van der Waals surface area contributed by atoms with E-state index in [-0.39, 0.29) is 0 Å². The average molecular weight is 269 g/mol. The number of nitrogens with zero attached hydrogens (tertiary/aromatic N) is 1. The lowest BCUT2D eigenvalue weighted by atomic mass is 9.91. The van der Waals surface area contributed by atoms with Crippen molar-refractivity contribution in [1.29, 1.82) is 0 Å². The Kier molecular flexibility index (Phi) is 3.66. The smallest absolute Gasteiger partial charge is 0.340 e. The molecule has 0 radical (unpaired) electrons. The maximum atomic E-state index is 11.8. The maximum absolute atomic E-state index is 11.8. The topological polar surface area (TPSA) is 55.6 Å². The van der Waals surface area contributed by atoms with Crippen LogP contribution in [-0.2, 0) is 4.74 Å². The molecule has 2 rings (SSSR count). The molecule has 1 aliphatic carbocycles. The van der Waals surface area contributed by atoms with Crippen LogP contribution in [0.15, 0.2) is 12.1 Å². The largest absolute Gasteiger partial charge is 0.465 e. The van der Waals surface area contributed by atoms with E-state index in [1.54, 1.807) is 12.1 Å². The van der Waals surface area contributed by atoms with E-state index in [2.05, 4.69) is 4.90 Å². The molecule has 18 heavy (non-hydrogen) atoms. The minimum atomic E-state index is -0.412. The summed E-state index contributed by atoms with van der Waals surface area (Å²) in [6, 6.07) is 3.72. The van der Waals surface area contributed by atoms with Crippen molar-refractivity contribution >= 4 is 28.9 Å². The van der Waals surface area contributed by atoms with Gasteiger partial charge in [0.05, 0.1) is 23.4 Å². The molecule has 0 saturated heterocycles. The molecule has 1 aliphatic rings. The number of esters is 1. The summed E-state index contributed by atoms with van der Waals surface area (Å²) in [6.07, 6.45) is 3.46. The van der Waals surface area contributed by atoms with E-state index >= 15 is 0 Å². The molecule has 4 nitrogen and oxygen atoms in total. The number of halogens is 1. The number of ether oxygens (including phenoxy) is 1. The molecule has 0 aromatic heterocycles. The minimum Gasteiger partial charge on any atom is -0.465 e. The lowest BCUT2D eigenvalue weighted by Gasteiger charge is -2.37. The van der Waals surface area contributed by atoms with Crippen molar-refractivity contribution in [3.63, 3.8) is 0 Å². The fraction of sp³-hybridized carbons (Fsp3) is 0.462. The molecule has 0 amide bonds. The van der Waals surface area contributed by atoms with Gasteiger partial charge in [-0.25, -0.2) is 4.79 Å². The third-order valence-corrected chi connectivity index (χ3v) is 3.75. The van der Waals surface area contributed by atoms with E-state index in [0.29, 0.717) is 28.0 Å². The van der Waals surface area contributed by atoms with Crippen LogP contribution in [-0.4, -0.2) is 26.2 Å². The summed E-state index contributed by atoms with van der Waals surface area (Å²) < 4.78 is 4.79. The van der Waals surface area contributed by atoms with Crippen LogP contribution < -0.4 is 10.6 Å². The summed E-state index contributed by atoms with van der Waals surface area (Å²) >= 11 is 6.23. The molecule has 1 aromatic carbocycles. The Hall–Kier alpha value is -1.42. The number of hydrogen-bond donors (Lipinski definition) is 1. The van der Waals surface area contributed by atoms with E-state index in [9.17, 15) is 4.79 Å². The number of carbonyl (C=O) groups is 1. The quantitative estimate of drug-likeness (QED) is 0.676. The Morgan fingerprint density at radius 1 is 1.50 bits per heavy atom. The van der Waals surface area contributed by atoms with E-state index in [0.717, 1.165) is 12.8 Å². The third kappa shape index (κ3) is 2.25. The first kappa shape index (κ1) is 13.0. The summed E-state index contributed by atoms with van der Waals surface area (Å²) in [5.41, 5.74) is 7.34. The van der Waals surface area contributed by atoms with Crippen LogP contribution in [0.4, 0.5) is 11.4 Å². The van der Waals surface area contributed by atoms with Crippen molar-refractivity contribution in [2.24, 2.45) is 0 Å². The highest BCUT2D eigenvalue weighted by Gasteiger charge is 2.27. The molecule has 5 heteroatoms. The van der Waals surface area contributed by atoms with Crippen molar-refractivity contribution in [1.82, 2.24) is 0 Å². The number of rotatable bonds is 3. The molecule has 0 unspecified atom stereocenters. The Morgan fingerprint density at radius 2 is 2.17 bits per heavy atom. The van der Waals surface area contributed by atoms with Gasteiger partial charge in [0.15, 0.2) is 0 Å². The number of nitrogens with two attached hydrogens (primary N) is 1. The Balaban J connectivity index is 2.45. The van der Waals surface area contributed by atoms with E-state index in [1.165, 1.54) is 13.5 Å². The van der Waals surface area contributed by atoms with Gasteiger partial charge in [-0.15, -0.1) is 0 Å². The fourth-order valence-electron chi connectivity index (χ4n) is 2.20. The first-order valence-electron chi connectivity index (χ1n) is 5.94. The SMILES string of the molecule is COC(=O)c1cc(N)cc(Cl)c1N(C)C1CCC1. The lowest BCUT2D eigenvalue weighted by molar-refractivity contribution is 0.0601. The highest BCUT2D eigenvalue weighted by atomic mass is 35.5. The van der Waals surface area contributed by atoms with Gasteiger partial charge in [0.25, 0.3) is 0 Å². The number of anilines is 2. The van der Waals surface area contributed by atoms with Gasteiger partial charge in [-0.05, 0) is 31.4 Å². The molecular formula is C13H17ClN2O2. The van der Waals surface area contributed by atoms with Crippen molar-refractivity contribution in [3.05, 3.63) is 22.7 Å². The maximum Gasteiger partial charge on any atom is 0.340 e. The molecular weight excluding hydrogens is 252 g/mol. The average Bonchev–Trinajstić information content (AvgIpc) is 2.24. The number of methoxy groups -OCH3 is 1. The van der Waals surface area contributed by atoms with Gasteiger partial charge < -0.3 is 15.4 Å². The summed E-state index contributed by atoms with van der Waals surface area (Å²) in [6.45, 7) is 0. The highest BCUT2D eigenvalue weighted by molar-refractivity contribution is 6.34. The van der Waals surface area contributed by atoms with Crippen LogP contribution in [0.2, 0.25) is 5.02 Å². The molecule has 0 aliphatic heterocycles. The van der Waals surface area contributed by atoms with Crippen molar-refractivity contribution in [3.8, 4) is 0 Å². The second kappa shape index (κ2) is 5.06. The predicted octanol–water partition coefficient (Wildman–Crippen LogP) is 2.70. The second-order valence-corrected chi connectivity index (χ2v) is 4.99. The van der Waals surface area contributed by atoms with E-state index in [4.69, 9.17) is 22.1 Å². The fourth-order valence-corrected chi connectivity index (χ4v) is 2.56. The molecule has 2 N–H and O–H groups in total. The van der Waals surface area contributed by atoms with E-state index < -0.39 is 5.97 Å². The first-order valence-corrected chi connectivity index (χ1v) is 6.32. The molecule has 0 atom stereocenters. The van der Waals surface area contributed by atoms with Crippen LogP contribution >= 0.6 is 11.6 Å². The van der Waals surface area contributed by atoms with Gasteiger partial charge >= 0.3 is 5.97 Å². The summed E-state index contributed by atoms with van der Waals surface area (Å²) in [7, 11) is 3.31.